The standard InChI is InChI=1S/C11H23N3/c1-11(2)9-13(6-4-12)7-10-3-5-14(11)8-10/h10H,3-9,12H2,1-2H3. The smallest absolute Gasteiger partial charge is 0.0280 e. The van der Waals surface area contributed by atoms with Crippen LogP contribution in [0.4, 0.5) is 0 Å². The molecule has 3 heteroatoms. The monoisotopic (exact) mass is 197 g/mol. The lowest BCUT2D eigenvalue weighted by atomic mass is 10.0. The first kappa shape index (κ1) is 10.4. The Morgan fingerprint density at radius 1 is 1.36 bits per heavy atom. The Bertz CT molecular complexity index is 203. The van der Waals surface area contributed by atoms with Gasteiger partial charge in [-0.2, -0.15) is 0 Å². The van der Waals surface area contributed by atoms with Crippen LogP contribution in [0.1, 0.15) is 20.3 Å². The molecule has 82 valence electrons. The molecule has 0 amide bonds. The highest BCUT2D eigenvalue weighted by Crippen LogP contribution is 2.29. The maximum atomic E-state index is 5.64. The van der Waals surface area contributed by atoms with Crippen LogP contribution in [-0.2, 0) is 0 Å². The van der Waals surface area contributed by atoms with Crippen molar-refractivity contribution in [2.45, 2.75) is 25.8 Å². The Morgan fingerprint density at radius 2 is 2.14 bits per heavy atom. The van der Waals surface area contributed by atoms with Gasteiger partial charge in [-0.15, -0.1) is 0 Å². The first-order valence-corrected chi connectivity index (χ1v) is 5.79. The summed E-state index contributed by atoms with van der Waals surface area (Å²) in [6, 6.07) is 0. The third-order valence-electron chi connectivity index (χ3n) is 3.71. The van der Waals surface area contributed by atoms with Gasteiger partial charge in [-0.05, 0) is 32.7 Å². The van der Waals surface area contributed by atoms with Crippen LogP contribution >= 0.6 is 0 Å². The molecule has 0 spiro atoms. The van der Waals surface area contributed by atoms with Gasteiger partial charge in [0.15, 0.2) is 0 Å². The van der Waals surface area contributed by atoms with Crippen molar-refractivity contribution in [3.05, 3.63) is 0 Å². The second-order valence-electron chi connectivity index (χ2n) is 5.44. The lowest BCUT2D eigenvalue weighted by Gasteiger charge is -2.38. The fourth-order valence-electron chi connectivity index (χ4n) is 2.96. The Morgan fingerprint density at radius 3 is 2.86 bits per heavy atom. The van der Waals surface area contributed by atoms with E-state index in [0.717, 1.165) is 19.0 Å². The number of hydrogen-bond donors (Lipinski definition) is 1. The van der Waals surface area contributed by atoms with Crippen LogP contribution in [0.3, 0.4) is 0 Å². The third-order valence-corrected chi connectivity index (χ3v) is 3.71. The van der Waals surface area contributed by atoms with E-state index in [-0.39, 0.29) is 0 Å². The fourth-order valence-corrected chi connectivity index (χ4v) is 2.96. The van der Waals surface area contributed by atoms with Crippen LogP contribution in [0.2, 0.25) is 0 Å². The molecule has 0 saturated carbocycles. The summed E-state index contributed by atoms with van der Waals surface area (Å²) in [5, 5.41) is 0. The van der Waals surface area contributed by atoms with E-state index in [9.17, 15) is 0 Å². The quantitative estimate of drug-likeness (QED) is 0.694. The van der Waals surface area contributed by atoms with Crippen molar-refractivity contribution in [3.8, 4) is 0 Å². The first-order valence-electron chi connectivity index (χ1n) is 5.79. The van der Waals surface area contributed by atoms with E-state index in [1.165, 1.54) is 32.6 Å². The summed E-state index contributed by atoms with van der Waals surface area (Å²) in [4.78, 5) is 5.19. The van der Waals surface area contributed by atoms with E-state index in [1.54, 1.807) is 0 Å². The van der Waals surface area contributed by atoms with Gasteiger partial charge in [0.25, 0.3) is 0 Å². The molecular weight excluding hydrogens is 174 g/mol. The van der Waals surface area contributed by atoms with Gasteiger partial charge in [0.05, 0.1) is 0 Å². The number of nitrogens with zero attached hydrogens (tertiary/aromatic N) is 2. The van der Waals surface area contributed by atoms with Crippen molar-refractivity contribution in [1.82, 2.24) is 9.80 Å². The Balaban J connectivity index is 2.06. The molecule has 2 aliphatic heterocycles. The average Bonchev–Trinajstić information content (AvgIpc) is 2.48. The van der Waals surface area contributed by atoms with Gasteiger partial charge >= 0.3 is 0 Å². The first-order chi connectivity index (χ1) is 6.62. The van der Waals surface area contributed by atoms with Crippen molar-refractivity contribution in [3.63, 3.8) is 0 Å². The third kappa shape index (κ3) is 1.95. The summed E-state index contributed by atoms with van der Waals surface area (Å²) in [6.45, 7) is 11.6. The molecule has 2 saturated heterocycles. The molecular formula is C11H23N3. The predicted molar refractivity (Wildman–Crippen MR) is 59.3 cm³/mol. The zero-order valence-corrected chi connectivity index (χ0v) is 9.50. The van der Waals surface area contributed by atoms with Crippen molar-refractivity contribution < 1.29 is 0 Å². The molecule has 2 heterocycles. The summed E-state index contributed by atoms with van der Waals surface area (Å²) in [7, 11) is 0. The van der Waals surface area contributed by atoms with E-state index in [0.29, 0.717) is 5.54 Å². The van der Waals surface area contributed by atoms with Crippen molar-refractivity contribution in [2.24, 2.45) is 11.7 Å². The summed E-state index contributed by atoms with van der Waals surface area (Å²) in [5.41, 5.74) is 5.99. The molecule has 0 aromatic carbocycles. The fraction of sp³-hybridized carbons (Fsp3) is 1.00. The molecule has 2 bridgehead atoms. The zero-order chi connectivity index (χ0) is 10.2. The number of fused-ring (bicyclic) bond motifs is 2. The van der Waals surface area contributed by atoms with Gasteiger partial charge in [-0.25, -0.2) is 0 Å². The van der Waals surface area contributed by atoms with Crippen LogP contribution in [-0.4, -0.2) is 54.6 Å². The molecule has 2 aliphatic rings. The minimum atomic E-state index is 0.348. The molecule has 2 N–H and O–H groups in total. The average molecular weight is 197 g/mol. The highest BCUT2D eigenvalue weighted by molar-refractivity contribution is 4.94. The summed E-state index contributed by atoms with van der Waals surface area (Å²) >= 11 is 0. The van der Waals surface area contributed by atoms with Crippen molar-refractivity contribution in [1.29, 1.82) is 0 Å². The lowest BCUT2D eigenvalue weighted by Crippen LogP contribution is -2.49. The second-order valence-corrected chi connectivity index (χ2v) is 5.44. The Kier molecular flexibility index (Phi) is 2.82. The van der Waals surface area contributed by atoms with E-state index in [1.807, 2.05) is 0 Å². The molecule has 2 rings (SSSR count). The Hall–Kier alpha value is -0.120. The molecule has 2 unspecified atom stereocenters. The van der Waals surface area contributed by atoms with Crippen molar-refractivity contribution in [2.75, 3.05) is 39.3 Å². The van der Waals surface area contributed by atoms with Gasteiger partial charge in [0.1, 0.15) is 0 Å². The number of hydrogen-bond acceptors (Lipinski definition) is 3. The SMILES string of the molecule is CC1(C)CN(CCN)CC2CCN1C2. The van der Waals surface area contributed by atoms with Gasteiger partial charge in [0.2, 0.25) is 0 Å². The van der Waals surface area contributed by atoms with Crippen LogP contribution in [0.5, 0.6) is 0 Å². The lowest BCUT2D eigenvalue weighted by molar-refractivity contribution is 0.114. The summed E-state index contributed by atoms with van der Waals surface area (Å²) in [5.74, 6) is 0.892. The van der Waals surface area contributed by atoms with Gasteiger partial charge in [-0.3, -0.25) is 9.80 Å². The predicted octanol–water partition coefficient (Wildman–Crippen LogP) is 0.361. The molecule has 2 atom stereocenters. The summed E-state index contributed by atoms with van der Waals surface area (Å²) in [6.07, 6.45) is 1.38. The van der Waals surface area contributed by atoms with Gasteiger partial charge < -0.3 is 5.73 Å². The Labute approximate surface area is 87.2 Å². The van der Waals surface area contributed by atoms with Crippen LogP contribution in [0.15, 0.2) is 0 Å². The highest BCUT2D eigenvalue weighted by atomic mass is 15.3. The molecule has 0 aromatic rings. The van der Waals surface area contributed by atoms with E-state index < -0.39 is 0 Å². The minimum Gasteiger partial charge on any atom is -0.329 e. The molecule has 3 nitrogen and oxygen atoms in total. The molecule has 2 fully saturated rings. The molecule has 0 aliphatic carbocycles. The zero-order valence-electron chi connectivity index (χ0n) is 9.50. The number of nitrogens with two attached hydrogens (primary N) is 1. The topological polar surface area (TPSA) is 32.5 Å². The maximum Gasteiger partial charge on any atom is 0.0280 e. The number of rotatable bonds is 2. The summed E-state index contributed by atoms with van der Waals surface area (Å²) < 4.78 is 0. The molecule has 14 heavy (non-hydrogen) atoms. The van der Waals surface area contributed by atoms with E-state index in [4.69, 9.17) is 5.73 Å². The van der Waals surface area contributed by atoms with E-state index >= 15 is 0 Å². The minimum absolute atomic E-state index is 0.348. The van der Waals surface area contributed by atoms with Gasteiger partial charge in [0, 0.05) is 38.3 Å². The van der Waals surface area contributed by atoms with Gasteiger partial charge in [-0.1, -0.05) is 0 Å². The highest BCUT2D eigenvalue weighted by Gasteiger charge is 2.38. The van der Waals surface area contributed by atoms with Crippen molar-refractivity contribution >= 4 is 0 Å². The normalized spacial score (nSPS) is 37.1. The molecule has 0 aromatic heterocycles. The maximum absolute atomic E-state index is 5.64. The largest absolute Gasteiger partial charge is 0.329 e. The van der Waals surface area contributed by atoms with E-state index in [2.05, 4.69) is 23.6 Å². The van der Waals surface area contributed by atoms with Crippen LogP contribution in [0.25, 0.3) is 0 Å². The molecule has 0 radical (unpaired) electrons. The second kappa shape index (κ2) is 3.80. The van der Waals surface area contributed by atoms with Crippen LogP contribution < -0.4 is 5.73 Å². The van der Waals surface area contributed by atoms with Crippen LogP contribution in [0, 0.1) is 5.92 Å².